The van der Waals surface area contributed by atoms with Gasteiger partial charge in [-0.2, -0.15) is 0 Å². The van der Waals surface area contributed by atoms with Crippen LogP contribution in [-0.4, -0.2) is 41.9 Å². The van der Waals surface area contributed by atoms with Crippen LogP contribution in [0.25, 0.3) is 10.2 Å². The van der Waals surface area contributed by atoms with Gasteiger partial charge < -0.3 is 15.0 Å². The number of nitrogens with one attached hydrogen (secondary N) is 1. The van der Waals surface area contributed by atoms with Crippen molar-refractivity contribution in [1.82, 2.24) is 9.88 Å². The van der Waals surface area contributed by atoms with Gasteiger partial charge in [-0.25, -0.2) is 4.98 Å². The fraction of sp³-hybridized carbons (Fsp3) is 0.357. The molecule has 1 aromatic carbocycles. The smallest absolute Gasteiger partial charge is 0.245 e. The van der Waals surface area contributed by atoms with E-state index in [4.69, 9.17) is 4.74 Å². The van der Waals surface area contributed by atoms with Gasteiger partial charge in [0.25, 0.3) is 0 Å². The van der Waals surface area contributed by atoms with Crippen LogP contribution in [0.4, 0.5) is 5.13 Å². The molecule has 0 radical (unpaired) electrons. The maximum atomic E-state index is 12.0. The Kier molecular flexibility index (Phi) is 3.74. The van der Waals surface area contributed by atoms with E-state index < -0.39 is 0 Å². The predicted octanol–water partition coefficient (Wildman–Crippen LogP) is 1.87. The number of nitrogens with zero attached hydrogens (tertiary/aromatic N) is 2. The minimum absolute atomic E-state index is 0.0409. The van der Waals surface area contributed by atoms with Crippen LogP contribution in [0.1, 0.15) is 12.8 Å². The van der Waals surface area contributed by atoms with Crippen molar-refractivity contribution in [3.05, 3.63) is 18.2 Å². The third-order valence-corrected chi connectivity index (χ3v) is 4.28. The topological polar surface area (TPSA) is 71.5 Å². The average molecular weight is 305 g/mol. The van der Waals surface area contributed by atoms with Crippen molar-refractivity contribution in [3.8, 4) is 5.75 Å². The van der Waals surface area contributed by atoms with Crippen LogP contribution in [0.15, 0.2) is 18.2 Å². The molecule has 0 saturated carbocycles. The molecule has 1 aromatic heterocycles. The van der Waals surface area contributed by atoms with Crippen LogP contribution < -0.4 is 10.1 Å². The number of thiazole rings is 1. The number of aromatic nitrogens is 1. The molecule has 110 valence electrons. The van der Waals surface area contributed by atoms with E-state index in [9.17, 15) is 9.59 Å². The molecule has 2 heterocycles. The van der Waals surface area contributed by atoms with Crippen molar-refractivity contribution in [2.45, 2.75) is 12.8 Å². The standard InChI is InChI=1S/C14H15N3O3S/c1-20-9-4-5-10-11(7-9)21-14(15-10)16-12(18)8-17-6-2-3-13(17)19/h4-5,7H,2-3,6,8H2,1H3,(H,15,16,18). The Balaban J connectivity index is 1.69. The van der Waals surface area contributed by atoms with Gasteiger partial charge in [0.2, 0.25) is 11.8 Å². The second-order valence-corrected chi connectivity index (χ2v) is 5.85. The summed E-state index contributed by atoms with van der Waals surface area (Å²) in [6, 6.07) is 5.56. The van der Waals surface area contributed by atoms with E-state index in [2.05, 4.69) is 10.3 Å². The highest BCUT2D eigenvalue weighted by Crippen LogP contribution is 2.29. The zero-order valence-electron chi connectivity index (χ0n) is 11.6. The summed E-state index contributed by atoms with van der Waals surface area (Å²) >= 11 is 1.39. The third-order valence-electron chi connectivity index (χ3n) is 3.35. The lowest BCUT2D eigenvalue weighted by molar-refractivity contribution is -0.131. The zero-order chi connectivity index (χ0) is 14.8. The van der Waals surface area contributed by atoms with Gasteiger partial charge >= 0.3 is 0 Å². The maximum absolute atomic E-state index is 12.0. The van der Waals surface area contributed by atoms with Crippen molar-refractivity contribution in [2.75, 3.05) is 25.5 Å². The maximum Gasteiger partial charge on any atom is 0.245 e. The quantitative estimate of drug-likeness (QED) is 0.936. The minimum Gasteiger partial charge on any atom is -0.497 e. The van der Waals surface area contributed by atoms with Crippen LogP contribution in [0, 0.1) is 0 Å². The van der Waals surface area contributed by atoms with Crippen molar-refractivity contribution in [3.63, 3.8) is 0 Å². The lowest BCUT2D eigenvalue weighted by Gasteiger charge is -2.13. The van der Waals surface area contributed by atoms with Gasteiger partial charge in [-0.05, 0) is 24.6 Å². The fourth-order valence-corrected chi connectivity index (χ4v) is 3.20. The van der Waals surface area contributed by atoms with Crippen LogP contribution >= 0.6 is 11.3 Å². The largest absolute Gasteiger partial charge is 0.497 e. The second kappa shape index (κ2) is 5.69. The van der Waals surface area contributed by atoms with Crippen molar-refractivity contribution >= 4 is 38.5 Å². The van der Waals surface area contributed by atoms with E-state index in [1.165, 1.54) is 11.3 Å². The normalized spacial score (nSPS) is 14.7. The van der Waals surface area contributed by atoms with Gasteiger partial charge in [0.05, 0.1) is 23.9 Å². The third kappa shape index (κ3) is 2.97. The summed E-state index contributed by atoms with van der Waals surface area (Å²) in [4.78, 5) is 29.4. The van der Waals surface area contributed by atoms with Crippen LogP contribution in [0.5, 0.6) is 5.75 Å². The molecule has 3 rings (SSSR count). The van der Waals surface area contributed by atoms with Crippen LogP contribution in [0.2, 0.25) is 0 Å². The van der Waals surface area contributed by atoms with Crippen LogP contribution in [-0.2, 0) is 9.59 Å². The number of hydrogen-bond acceptors (Lipinski definition) is 5. The number of benzene rings is 1. The first kappa shape index (κ1) is 13.8. The van der Waals surface area contributed by atoms with Crippen molar-refractivity contribution in [1.29, 1.82) is 0 Å². The monoisotopic (exact) mass is 305 g/mol. The molecule has 1 aliphatic rings. The van der Waals surface area contributed by atoms with E-state index in [-0.39, 0.29) is 18.4 Å². The Morgan fingerprint density at radius 3 is 3.10 bits per heavy atom. The van der Waals surface area contributed by atoms with Gasteiger partial charge in [0.15, 0.2) is 5.13 Å². The lowest BCUT2D eigenvalue weighted by Crippen LogP contribution is -2.33. The number of likely N-dealkylation sites (tertiary alicyclic amines) is 1. The zero-order valence-corrected chi connectivity index (χ0v) is 12.4. The molecule has 0 spiro atoms. The number of ether oxygens (including phenoxy) is 1. The van der Waals surface area contributed by atoms with E-state index >= 15 is 0 Å². The summed E-state index contributed by atoms with van der Waals surface area (Å²) in [5.74, 6) is 0.585. The second-order valence-electron chi connectivity index (χ2n) is 4.82. The molecule has 1 aliphatic heterocycles. The molecule has 1 fully saturated rings. The highest BCUT2D eigenvalue weighted by atomic mass is 32.1. The Hall–Kier alpha value is -2.15. The van der Waals surface area contributed by atoms with Gasteiger partial charge in [-0.15, -0.1) is 0 Å². The number of carbonyl (C=O) groups is 2. The summed E-state index contributed by atoms with van der Waals surface area (Å²) < 4.78 is 6.11. The summed E-state index contributed by atoms with van der Waals surface area (Å²) in [7, 11) is 1.61. The van der Waals surface area contributed by atoms with Gasteiger partial charge in [-0.3, -0.25) is 9.59 Å². The number of hydrogen-bond donors (Lipinski definition) is 1. The molecule has 0 unspecified atom stereocenters. The van der Waals surface area contributed by atoms with E-state index in [0.717, 1.165) is 22.4 Å². The Labute approximate surface area is 125 Å². The number of amides is 2. The molecule has 0 bridgehead atoms. The molecule has 2 aromatic rings. The molecule has 2 amide bonds. The summed E-state index contributed by atoms with van der Waals surface area (Å²) in [5.41, 5.74) is 0.813. The lowest BCUT2D eigenvalue weighted by atomic mass is 10.3. The molecule has 0 aliphatic carbocycles. The molecule has 0 atom stereocenters. The number of fused-ring (bicyclic) bond motifs is 1. The molecule has 6 nitrogen and oxygen atoms in total. The van der Waals surface area contributed by atoms with E-state index in [1.54, 1.807) is 12.0 Å². The first-order chi connectivity index (χ1) is 10.2. The highest BCUT2D eigenvalue weighted by Gasteiger charge is 2.22. The molecule has 1 N–H and O–H groups in total. The molecule has 7 heteroatoms. The van der Waals surface area contributed by atoms with E-state index in [1.807, 2.05) is 18.2 Å². The summed E-state index contributed by atoms with van der Waals surface area (Å²) in [6.45, 7) is 0.751. The molecule has 1 saturated heterocycles. The van der Waals surface area contributed by atoms with Gasteiger partial charge in [0, 0.05) is 13.0 Å². The first-order valence-corrected chi connectivity index (χ1v) is 7.49. The van der Waals surface area contributed by atoms with Gasteiger partial charge in [-0.1, -0.05) is 11.3 Å². The SMILES string of the molecule is COc1ccc2nc(NC(=O)CN3CCCC3=O)sc2c1. The fourth-order valence-electron chi connectivity index (χ4n) is 2.29. The van der Waals surface area contributed by atoms with Crippen molar-refractivity contribution < 1.29 is 14.3 Å². The summed E-state index contributed by atoms with van der Waals surface area (Å²) in [5, 5.41) is 3.29. The average Bonchev–Trinajstić information content (AvgIpc) is 3.04. The number of methoxy groups -OCH3 is 1. The first-order valence-electron chi connectivity index (χ1n) is 6.68. The van der Waals surface area contributed by atoms with E-state index in [0.29, 0.717) is 18.1 Å². The Bertz CT molecular complexity index is 698. The van der Waals surface area contributed by atoms with Gasteiger partial charge in [0.1, 0.15) is 5.75 Å². The van der Waals surface area contributed by atoms with Crippen molar-refractivity contribution in [2.24, 2.45) is 0 Å². The Morgan fingerprint density at radius 1 is 1.52 bits per heavy atom. The van der Waals surface area contributed by atoms with Crippen LogP contribution in [0.3, 0.4) is 0 Å². The number of carbonyl (C=O) groups excluding carboxylic acids is 2. The molecular weight excluding hydrogens is 290 g/mol. The molecular formula is C14H15N3O3S. The molecule has 21 heavy (non-hydrogen) atoms. The summed E-state index contributed by atoms with van der Waals surface area (Å²) in [6.07, 6.45) is 1.36. The number of anilines is 1. The Morgan fingerprint density at radius 2 is 2.38 bits per heavy atom. The number of rotatable bonds is 4. The highest BCUT2D eigenvalue weighted by molar-refractivity contribution is 7.22. The minimum atomic E-state index is -0.212. The predicted molar refractivity (Wildman–Crippen MR) is 80.6 cm³/mol.